The van der Waals surface area contributed by atoms with Crippen LogP contribution in [0.5, 0.6) is 5.75 Å². The molecule has 0 N–H and O–H groups in total. The maximum atomic E-state index is 5.80. The van der Waals surface area contributed by atoms with Gasteiger partial charge in [0.2, 0.25) is 5.75 Å². The predicted octanol–water partition coefficient (Wildman–Crippen LogP) is 3.98. The molecular weight excluding hydrogens is 222 g/mol. The summed E-state index contributed by atoms with van der Waals surface area (Å²) in [6.07, 6.45) is 0. The van der Waals surface area contributed by atoms with Crippen LogP contribution < -0.4 is 4.74 Å². The van der Waals surface area contributed by atoms with Gasteiger partial charge in [-0.15, -0.1) is 0 Å². The third-order valence-electron chi connectivity index (χ3n) is 3.45. The van der Waals surface area contributed by atoms with Crippen molar-refractivity contribution in [2.24, 2.45) is 0 Å². The van der Waals surface area contributed by atoms with E-state index >= 15 is 0 Å². The average Bonchev–Trinajstić information content (AvgIpc) is 2.56. The Labute approximate surface area is 110 Å². The molecule has 2 nitrogen and oxygen atoms in total. The summed E-state index contributed by atoms with van der Waals surface area (Å²) in [5.74, 6) is 1.01. The van der Waals surface area contributed by atoms with E-state index in [0.717, 1.165) is 11.4 Å². The highest BCUT2D eigenvalue weighted by molar-refractivity contribution is 5.59. The number of hydrogen-bond acceptors (Lipinski definition) is 1. The first kappa shape index (κ1) is 13.1. The minimum absolute atomic E-state index is 0.0799. The molecule has 1 heterocycles. The number of ether oxygens (including phenoxy) is 1. The van der Waals surface area contributed by atoms with Gasteiger partial charge in [0, 0.05) is 11.6 Å². The van der Waals surface area contributed by atoms with Crippen LogP contribution in [0.25, 0.3) is 0 Å². The first-order chi connectivity index (χ1) is 8.10. The van der Waals surface area contributed by atoms with E-state index in [2.05, 4.69) is 60.4 Å². The summed E-state index contributed by atoms with van der Waals surface area (Å²) in [4.78, 5) is 0. The minimum atomic E-state index is 0.0799. The maximum Gasteiger partial charge on any atom is 0.292 e. The zero-order valence-electron chi connectivity index (χ0n) is 12.4. The van der Waals surface area contributed by atoms with Crippen molar-refractivity contribution in [3.63, 3.8) is 0 Å². The largest absolute Gasteiger partial charge is 0.429 e. The van der Waals surface area contributed by atoms with Gasteiger partial charge in [-0.25, -0.2) is 0 Å². The van der Waals surface area contributed by atoms with Crippen LogP contribution in [0.4, 0.5) is 5.69 Å². The summed E-state index contributed by atoms with van der Waals surface area (Å²) in [5.41, 5.74) is 3.95. The lowest BCUT2D eigenvalue weighted by atomic mass is 9.80. The Balaban J connectivity index is 2.71. The molecule has 0 fully saturated rings. The van der Waals surface area contributed by atoms with Crippen molar-refractivity contribution in [2.45, 2.75) is 52.4 Å². The van der Waals surface area contributed by atoms with Crippen LogP contribution in [-0.4, -0.2) is 18.0 Å². The fraction of sp³-hybridized carbons (Fsp3) is 0.562. The SMILES string of the molecule is C=[N+]1COc2c1cc(C(C)(C)C)cc2C(C)(C)C. The standard InChI is InChI=1S/C16H24NO/c1-15(2,3)11-8-12(16(4,5)6)14-13(9-11)17(7)10-18-14/h8-9H,7,10H2,1-6H3/q+1. The molecule has 0 atom stereocenters. The van der Waals surface area contributed by atoms with Gasteiger partial charge in [-0.05, 0) is 16.4 Å². The molecule has 1 aromatic carbocycles. The third kappa shape index (κ3) is 2.16. The smallest absolute Gasteiger partial charge is 0.292 e. The Morgan fingerprint density at radius 3 is 2.17 bits per heavy atom. The van der Waals surface area contributed by atoms with Crippen molar-refractivity contribution < 1.29 is 9.31 Å². The Hall–Kier alpha value is -1.31. The van der Waals surface area contributed by atoms with Crippen LogP contribution >= 0.6 is 0 Å². The molecule has 0 bridgehead atoms. The third-order valence-corrected chi connectivity index (χ3v) is 3.45. The second-order valence-electron chi connectivity index (χ2n) is 7.19. The first-order valence-corrected chi connectivity index (χ1v) is 6.50. The molecule has 0 aromatic heterocycles. The molecule has 1 aliphatic heterocycles. The lowest BCUT2D eigenvalue weighted by Gasteiger charge is -2.25. The van der Waals surface area contributed by atoms with E-state index in [4.69, 9.17) is 4.74 Å². The van der Waals surface area contributed by atoms with Crippen LogP contribution in [-0.2, 0) is 10.8 Å². The fourth-order valence-corrected chi connectivity index (χ4v) is 2.20. The van der Waals surface area contributed by atoms with Crippen molar-refractivity contribution in [2.75, 3.05) is 6.73 Å². The molecule has 1 aliphatic rings. The highest BCUT2D eigenvalue weighted by Crippen LogP contribution is 2.44. The number of rotatable bonds is 0. The van der Waals surface area contributed by atoms with Gasteiger partial charge in [-0.2, -0.15) is 4.58 Å². The summed E-state index contributed by atoms with van der Waals surface area (Å²) in [5, 5.41) is 0. The lowest BCUT2D eigenvalue weighted by molar-refractivity contribution is -0.449. The molecule has 2 heteroatoms. The molecule has 0 spiro atoms. The summed E-state index contributed by atoms with van der Waals surface area (Å²) in [6.45, 7) is 18.0. The van der Waals surface area contributed by atoms with Gasteiger partial charge < -0.3 is 4.74 Å². The Kier molecular flexibility index (Phi) is 2.80. The van der Waals surface area contributed by atoms with E-state index in [1.807, 2.05) is 4.58 Å². The molecule has 98 valence electrons. The molecule has 0 saturated heterocycles. The maximum absolute atomic E-state index is 5.80. The molecular formula is C16H24NO+. The normalized spacial score (nSPS) is 15.6. The predicted molar refractivity (Wildman–Crippen MR) is 76.4 cm³/mol. The zero-order chi connectivity index (χ0) is 13.7. The first-order valence-electron chi connectivity index (χ1n) is 6.50. The van der Waals surface area contributed by atoms with Gasteiger partial charge >= 0.3 is 0 Å². The van der Waals surface area contributed by atoms with E-state index in [1.54, 1.807) is 0 Å². The van der Waals surface area contributed by atoms with Crippen LogP contribution in [0.15, 0.2) is 12.1 Å². The summed E-state index contributed by atoms with van der Waals surface area (Å²) in [6, 6.07) is 4.50. The number of benzene rings is 1. The Bertz CT molecular complexity index is 501. The quantitative estimate of drug-likeness (QED) is 0.631. The molecule has 0 amide bonds. The van der Waals surface area contributed by atoms with Crippen molar-refractivity contribution in [3.8, 4) is 5.75 Å². The van der Waals surface area contributed by atoms with Gasteiger partial charge in [-0.1, -0.05) is 47.6 Å². The molecule has 1 aromatic rings. The van der Waals surface area contributed by atoms with Gasteiger partial charge in [0.25, 0.3) is 12.4 Å². The van der Waals surface area contributed by atoms with Crippen molar-refractivity contribution in [3.05, 3.63) is 23.3 Å². The van der Waals surface area contributed by atoms with Gasteiger partial charge in [0.05, 0.1) is 0 Å². The second-order valence-corrected chi connectivity index (χ2v) is 7.19. The average molecular weight is 246 g/mol. The number of nitrogens with zero attached hydrogens (tertiary/aromatic N) is 1. The van der Waals surface area contributed by atoms with E-state index in [-0.39, 0.29) is 10.8 Å². The highest BCUT2D eigenvalue weighted by Gasteiger charge is 2.33. The van der Waals surface area contributed by atoms with Crippen molar-refractivity contribution in [1.29, 1.82) is 0 Å². The Morgan fingerprint density at radius 1 is 1.06 bits per heavy atom. The van der Waals surface area contributed by atoms with Crippen molar-refractivity contribution >= 4 is 12.4 Å². The summed E-state index contributed by atoms with van der Waals surface area (Å²) < 4.78 is 7.73. The molecule has 0 aliphatic carbocycles. The van der Waals surface area contributed by atoms with Gasteiger partial charge in [0.1, 0.15) is 6.72 Å². The molecule has 18 heavy (non-hydrogen) atoms. The van der Waals surface area contributed by atoms with Gasteiger partial charge in [0.15, 0.2) is 0 Å². The highest BCUT2D eigenvalue weighted by atomic mass is 16.5. The van der Waals surface area contributed by atoms with E-state index < -0.39 is 0 Å². The lowest BCUT2D eigenvalue weighted by Crippen LogP contribution is -2.16. The second kappa shape index (κ2) is 3.84. The van der Waals surface area contributed by atoms with E-state index in [9.17, 15) is 0 Å². The van der Waals surface area contributed by atoms with E-state index in [0.29, 0.717) is 6.73 Å². The topological polar surface area (TPSA) is 12.2 Å². The van der Waals surface area contributed by atoms with Crippen LogP contribution in [0.1, 0.15) is 52.7 Å². The minimum Gasteiger partial charge on any atom is -0.429 e. The number of hydrogen-bond donors (Lipinski definition) is 0. The molecule has 0 saturated carbocycles. The monoisotopic (exact) mass is 246 g/mol. The number of fused-ring (bicyclic) bond motifs is 1. The zero-order valence-corrected chi connectivity index (χ0v) is 12.4. The van der Waals surface area contributed by atoms with Crippen LogP contribution in [0.3, 0.4) is 0 Å². The molecule has 2 rings (SSSR count). The Morgan fingerprint density at radius 2 is 1.67 bits per heavy atom. The van der Waals surface area contributed by atoms with Crippen LogP contribution in [0.2, 0.25) is 0 Å². The summed E-state index contributed by atoms with van der Waals surface area (Å²) >= 11 is 0. The summed E-state index contributed by atoms with van der Waals surface area (Å²) in [7, 11) is 0. The van der Waals surface area contributed by atoms with Crippen LogP contribution in [0, 0.1) is 0 Å². The van der Waals surface area contributed by atoms with Crippen molar-refractivity contribution in [1.82, 2.24) is 0 Å². The fourth-order valence-electron chi connectivity index (χ4n) is 2.20. The molecule has 0 unspecified atom stereocenters. The van der Waals surface area contributed by atoms with Gasteiger partial charge in [-0.3, -0.25) is 0 Å². The molecule has 0 radical (unpaired) electrons. The van der Waals surface area contributed by atoms with E-state index in [1.165, 1.54) is 11.1 Å².